The fourth-order valence-corrected chi connectivity index (χ4v) is 2.28. The number of aliphatic hydroxyl groups is 1. The molecule has 1 unspecified atom stereocenters. The highest BCUT2D eigenvalue weighted by atomic mass is 19.4. The lowest BCUT2D eigenvalue weighted by atomic mass is 10.1. The minimum absolute atomic E-state index is 0.155. The third-order valence-electron chi connectivity index (χ3n) is 3.51. The average Bonchev–Trinajstić information content (AvgIpc) is 2.59. The molecule has 0 aliphatic heterocycles. The van der Waals surface area contributed by atoms with Crippen LogP contribution in [-0.2, 0) is 11.2 Å². The highest BCUT2D eigenvalue weighted by molar-refractivity contribution is 5.78. The molecule has 0 heterocycles. The average molecular weight is 423 g/mol. The number of alkyl halides is 6. The predicted molar refractivity (Wildman–Crippen MR) is 87.9 cm³/mol. The van der Waals surface area contributed by atoms with E-state index in [0.717, 1.165) is 24.3 Å². The summed E-state index contributed by atoms with van der Waals surface area (Å²) in [5.74, 6) is -1.38. The SMILES string of the molecule is O=C(Cc1ccc(OC(F)(F)F)cc1)NCC(O)c1ccc(OC(F)(F)F)cc1. The fourth-order valence-electron chi connectivity index (χ4n) is 2.28. The van der Waals surface area contributed by atoms with Crippen LogP contribution in [0, 0.1) is 0 Å². The zero-order chi connectivity index (χ0) is 21.7. The van der Waals surface area contributed by atoms with Gasteiger partial charge in [-0.1, -0.05) is 24.3 Å². The Bertz CT molecular complexity index is 803. The number of aliphatic hydroxyl groups excluding tert-OH is 1. The summed E-state index contributed by atoms with van der Waals surface area (Å²) in [6, 6.07) is 9.20. The molecule has 0 saturated heterocycles. The standard InChI is InChI=1S/C18H15F6NO4/c19-17(20,21)28-13-5-1-11(2-6-13)9-16(27)25-10-15(26)12-3-7-14(8-4-12)29-18(22,23)24/h1-8,15,26H,9-10H2,(H,25,27). The second kappa shape index (κ2) is 9.03. The van der Waals surface area contributed by atoms with Crippen LogP contribution >= 0.6 is 0 Å². The van der Waals surface area contributed by atoms with Crippen molar-refractivity contribution in [2.45, 2.75) is 25.2 Å². The zero-order valence-electron chi connectivity index (χ0n) is 14.6. The first-order valence-corrected chi connectivity index (χ1v) is 8.06. The molecule has 1 amide bonds. The quantitative estimate of drug-likeness (QED) is 0.664. The molecule has 0 bridgehead atoms. The van der Waals surface area contributed by atoms with Gasteiger partial charge in [-0.2, -0.15) is 0 Å². The Labute approximate surface area is 160 Å². The van der Waals surface area contributed by atoms with E-state index >= 15 is 0 Å². The van der Waals surface area contributed by atoms with Gasteiger partial charge in [0.05, 0.1) is 12.5 Å². The molecule has 11 heteroatoms. The third-order valence-corrected chi connectivity index (χ3v) is 3.51. The molecule has 158 valence electrons. The predicted octanol–water partition coefficient (Wildman–Crippen LogP) is 3.88. The molecule has 0 aliphatic rings. The topological polar surface area (TPSA) is 67.8 Å². The molecule has 0 saturated carbocycles. The molecule has 0 aromatic heterocycles. The van der Waals surface area contributed by atoms with Crippen molar-refractivity contribution in [1.29, 1.82) is 0 Å². The van der Waals surface area contributed by atoms with Crippen molar-refractivity contribution in [2.75, 3.05) is 6.54 Å². The van der Waals surface area contributed by atoms with Crippen LogP contribution in [0.2, 0.25) is 0 Å². The molecular weight excluding hydrogens is 408 g/mol. The van der Waals surface area contributed by atoms with Crippen LogP contribution in [0.4, 0.5) is 26.3 Å². The van der Waals surface area contributed by atoms with E-state index in [4.69, 9.17) is 0 Å². The summed E-state index contributed by atoms with van der Waals surface area (Å²) in [6.45, 7) is -0.215. The summed E-state index contributed by atoms with van der Waals surface area (Å²) < 4.78 is 80.0. The minimum atomic E-state index is -4.83. The molecule has 0 aliphatic carbocycles. The highest BCUT2D eigenvalue weighted by Gasteiger charge is 2.31. The normalized spacial score (nSPS) is 12.9. The van der Waals surface area contributed by atoms with Crippen LogP contribution in [0.25, 0.3) is 0 Å². The van der Waals surface area contributed by atoms with E-state index in [0.29, 0.717) is 5.56 Å². The molecule has 0 fully saturated rings. The van der Waals surface area contributed by atoms with Crippen LogP contribution in [0.3, 0.4) is 0 Å². The lowest BCUT2D eigenvalue weighted by Crippen LogP contribution is -2.29. The first-order valence-electron chi connectivity index (χ1n) is 8.06. The van der Waals surface area contributed by atoms with E-state index < -0.39 is 36.2 Å². The number of halogens is 6. The van der Waals surface area contributed by atoms with Gasteiger partial charge >= 0.3 is 12.7 Å². The number of rotatable bonds is 7. The molecule has 0 radical (unpaired) electrons. The molecule has 2 N–H and O–H groups in total. The lowest BCUT2D eigenvalue weighted by molar-refractivity contribution is -0.275. The number of ether oxygens (including phenoxy) is 2. The molecule has 5 nitrogen and oxygen atoms in total. The van der Waals surface area contributed by atoms with Crippen LogP contribution in [0.5, 0.6) is 11.5 Å². The largest absolute Gasteiger partial charge is 0.573 e. The number of carbonyl (C=O) groups is 1. The Kier molecular flexibility index (Phi) is 6.96. The van der Waals surface area contributed by atoms with Gasteiger partial charge in [-0.25, -0.2) is 0 Å². The number of nitrogens with one attached hydrogen (secondary N) is 1. The van der Waals surface area contributed by atoms with Crippen LogP contribution in [-0.4, -0.2) is 30.3 Å². The van der Waals surface area contributed by atoms with Crippen molar-refractivity contribution >= 4 is 5.91 Å². The van der Waals surface area contributed by atoms with E-state index in [1.54, 1.807) is 0 Å². The van der Waals surface area contributed by atoms with E-state index in [1.165, 1.54) is 24.3 Å². The van der Waals surface area contributed by atoms with Crippen LogP contribution in [0.15, 0.2) is 48.5 Å². The van der Waals surface area contributed by atoms with Crippen molar-refractivity contribution in [3.63, 3.8) is 0 Å². The van der Waals surface area contributed by atoms with Crippen molar-refractivity contribution in [2.24, 2.45) is 0 Å². The summed E-state index contributed by atoms with van der Waals surface area (Å²) in [7, 11) is 0. The van der Waals surface area contributed by atoms with Gasteiger partial charge in [0, 0.05) is 6.54 Å². The van der Waals surface area contributed by atoms with Gasteiger partial charge in [0.1, 0.15) is 11.5 Å². The molecule has 2 aromatic carbocycles. The van der Waals surface area contributed by atoms with Gasteiger partial charge in [0.25, 0.3) is 0 Å². The van der Waals surface area contributed by atoms with Crippen LogP contribution < -0.4 is 14.8 Å². The molecule has 0 spiro atoms. The van der Waals surface area contributed by atoms with Gasteiger partial charge in [0.2, 0.25) is 5.91 Å². The van der Waals surface area contributed by atoms with Crippen molar-refractivity contribution < 1.29 is 45.7 Å². The third kappa shape index (κ3) is 8.30. The molecule has 2 aromatic rings. The van der Waals surface area contributed by atoms with Gasteiger partial charge in [-0.3, -0.25) is 4.79 Å². The van der Waals surface area contributed by atoms with E-state index in [2.05, 4.69) is 14.8 Å². The first kappa shape index (κ1) is 22.3. The van der Waals surface area contributed by atoms with E-state index in [9.17, 15) is 36.2 Å². The Morgan fingerprint density at radius 3 is 1.76 bits per heavy atom. The van der Waals surface area contributed by atoms with Gasteiger partial charge in [0.15, 0.2) is 0 Å². The number of hydrogen-bond donors (Lipinski definition) is 2. The zero-order valence-corrected chi connectivity index (χ0v) is 14.6. The van der Waals surface area contributed by atoms with Gasteiger partial charge in [-0.05, 0) is 35.4 Å². The summed E-state index contributed by atoms with van der Waals surface area (Å²) in [6.07, 6.45) is -11.0. The second-order valence-electron chi connectivity index (χ2n) is 5.81. The second-order valence-corrected chi connectivity index (χ2v) is 5.81. The summed E-state index contributed by atoms with van der Waals surface area (Å²) in [4.78, 5) is 11.9. The first-order chi connectivity index (χ1) is 13.4. The minimum Gasteiger partial charge on any atom is -0.406 e. The maximum absolute atomic E-state index is 12.1. The Morgan fingerprint density at radius 2 is 1.31 bits per heavy atom. The smallest absolute Gasteiger partial charge is 0.406 e. The molecule has 1 atom stereocenters. The van der Waals surface area contributed by atoms with Crippen LogP contribution in [0.1, 0.15) is 17.2 Å². The maximum atomic E-state index is 12.1. The summed E-state index contributed by atoms with van der Waals surface area (Å²) >= 11 is 0. The Balaban J connectivity index is 1.82. The molecule has 29 heavy (non-hydrogen) atoms. The van der Waals surface area contributed by atoms with E-state index in [1.807, 2.05) is 0 Å². The van der Waals surface area contributed by atoms with Gasteiger partial charge < -0.3 is 19.9 Å². The number of benzene rings is 2. The van der Waals surface area contributed by atoms with Crippen molar-refractivity contribution in [1.82, 2.24) is 5.32 Å². The highest BCUT2D eigenvalue weighted by Crippen LogP contribution is 2.25. The number of amides is 1. The van der Waals surface area contributed by atoms with E-state index in [-0.39, 0.29) is 18.5 Å². The van der Waals surface area contributed by atoms with Gasteiger partial charge in [-0.15, -0.1) is 26.3 Å². The maximum Gasteiger partial charge on any atom is 0.573 e. The lowest BCUT2D eigenvalue weighted by Gasteiger charge is -2.14. The fraction of sp³-hybridized carbons (Fsp3) is 0.278. The number of carbonyl (C=O) groups excluding carboxylic acids is 1. The monoisotopic (exact) mass is 423 g/mol. The molecular formula is C18H15F6NO4. The Hall–Kier alpha value is -2.95. The van der Waals surface area contributed by atoms with Crippen molar-refractivity contribution in [3.8, 4) is 11.5 Å². The summed E-state index contributed by atoms with van der Waals surface area (Å²) in [5, 5.41) is 12.4. The number of hydrogen-bond acceptors (Lipinski definition) is 4. The molecule has 2 rings (SSSR count). The van der Waals surface area contributed by atoms with Crippen molar-refractivity contribution in [3.05, 3.63) is 59.7 Å². The summed E-state index contributed by atoms with van der Waals surface area (Å²) in [5.41, 5.74) is 0.675. The Morgan fingerprint density at radius 1 is 0.862 bits per heavy atom.